The molecule has 136 valence electrons. The molecule has 3 rings (SSSR count). The lowest BCUT2D eigenvalue weighted by Crippen LogP contribution is -2.34. The lowest BCUT2D eigenvalue weighted by atomic mass is 10.1. The number of carbonyl (C=O) groups excluding carboxylic acids is 1. The highest BCUT2D eigenvalue weighted by atomic mass is 32.1. The Kier molecular flexibility index (Phi) is 5.53. The highest BCUT2D eigenvalue weighted by molar-refractivity contribution is 7.80. The van der Waals surface area contributed by atoms with Crippen molar-refractivity contribution in [1.29, 1.82) is 0 Å². The topological polar surface area (TPSA) is 97.2 Å². The molecule has 0 radical (unpaired) electrons. The standard InChI is InChI=1S/C18H14N4O3S2/c1-11-4-2-6-13(8-11)16(23)20-17(26)21-18-19-15(10-27-18)12-5-3-7-14(9-12)22(24)25/h2-10H,1H3,(H2,19,20,21,23,26). The number of nitro benzene ring substituents is 1. The van der Waals surface area contributed by atoms with Crippen LogP contribution in [-0.4, -0.2) is 20.9 Å². The number of nitro groups is 1. The summed E-state index contributed by atoms with van der Waals surface area (Å²) in [7, 11) is 0. The van der Waals surface area contributed by atoms with E-state index >= 15 is 0 Å². The average molecular weight is 398 g/mol. The molecular weight excluding hydrogens is 384 g/mol. The lowest BCUT2D eigenvalue weighted by Gasteiger charge is -2.07. The van der Waals surface area contributed by atoms with Crippen molar-refractivity contribution in [2.75, 3.05) is 5.32 Å². The second kappa shape index (κ2) is 8.02. The Morgan fingerprint density at radius 1 is 1.22 bits per heavy atom. The minimum absolute atomic E-state index is 0.00375. The fourth-order valence-corrected chi connectivity index (χ4v) is 3.31. The van der Waals surface area contributed by atoms with E-state index < -0.39 is 4.92 Å². The number of aromatic nitrogens is 1. The molecule has 0 saturated carbocycles. The number of nitrogens with one attached hydrogen (secondary N) is 2. The Labute approximate surface area is 164 Å². The molecule has 7 nitrogen and oxygen atoms in total. The van der Waals surface area contributed by atoms with Crippen LogP contribution in [-0.2, 0) is 0 Å². The summed E-state index contributed by atoms with van der Waals surface area (Å²) in [5.74, 6) is -0.313. The number of hydrogen-bond donors (Lipinski definition) is 2. The molecule has 0 aliphatic heterocycles. The van der Waals surface area contributed by atoms with Gasteiger partial charge in [-0.25, -0.2) is 4.98 Å². The molecule has 0 spiro atoms. The van der Waals surface area contributed by atoms with E-state index in [0.29, 0.717) is 22.0 Å². The molecule has 2 aromatic carbocycles. The summed E-state index contributed by atoms with van der Waals surface area (Å²) in [5, 5.41) is 18.7. The molecule has 0 bridgehead atoms. The van der Waals surface area contributed by atoms with Crippen LogP contribution in [0, 0.1) is 17.0 Å². The minimum Gasteiger partial charge on any atom is -0.308 e. The Morgan fingerprint density at radius 2 is 2.00 bits per heavy atom. The maximum atomic E-state index is 12.2. The van der Waals surface area contributed by atoms with Crippen LogP contribution in [0.2, 0.25) is 0 Å². The molecule has 0 fully saturated rings. The van der Waals surface area contributed by atoms with E-state index in [1.54, 1.807) is 35.7 Å². The third-order valence-electron chi connectivity index (χ3n) is 3.58. The van der Waals surface area contributed by atoms with Crippen molar-refractivity contribution in [2.45, 2.75) is 6.92 Å². The van der Waals surface area contributed by atoms with Crippen molar-refractivity contribution in [3.63, 3.8) is 0 Å². The highest BCUT2D eigenvalue weighted by Gasteiger charge is 2.12. The maximum Gasteiger partial charge on any atom is 0.270 e. The van der Waals surface area contributed by atoms with Gasteiger partial charge in [-0.15, -0.1) is 11.3 Å². The first-order valence-corrected chi connectivity index (χ1v) is 9.10. The fraction of sp³-hybridized carbons (Fsp3) is 0.0556. The van der Waals surface area contributed by atoms with Crippen molar-refractivity contribution < 1.29 is 9.72 Å². The summed E-state index contributed by atoms with van der Waals surface area (Å²) in [5.41, 5.74) is 2.69. The monoisotopic (exact) mass is 398 g/mol. The summed E-state index contributed by atoms with van der Waals surface area (Å²) >= 11 is 6.44. The number of nitrogens with zero attached hydrogens (tertiary/aromatic N) is 2. The van der Waals surface area contributed by atoms with Crippen molar-refractivity contribution in [2.24, 2.45) is 0 Å². The van der Waals surface area contributed by atoms with Crippen LogP contribution in [0.25, 0.3) is 11.3 Å². The summed E-state index contributed by atoms with van der Waals surface area (Å²) in [6.07, 6.45) is 0. The lowest BCUT2D eigenvalue weighted by molar-refractivity contribution is -0.384. The van der Waals surface area contributed by atoms with Crippen LogP contribution in [0.1, 0.15) is 15.9 Å². The van der Waals surface area contributed by atoms with Gasteiger partial charge in [0.15, 0.2) is 10.2 Å². The fourth-order valence-electron chi connectivity index (χ4n) is 2.33. The molecule has 0 aliphatic rings. The van der Waals surface area contributed by atoms with Crippen molar-refractivity contribution in [3.05, 3.63) is 75.2 Å². The number of carbonyl (C=O) groups is 1. The number of rotatable bonds is 4. The number of benzene rings is 2. The van der Waals surface area contributed by atoms with Crippen LogP contribution < -0.4 is 10.6 Å². The molecule has 27 heavy (non-hydrogen) atoms. The first-order valence-electron chi connectivity index (χ1n) is 7.82. The summed E-state index contributed by atoms with van der Waals surface area (Å²) in [6, 6.07) is 13.4. The second-order valence-corrected chi connectivity index (χ2v) is 6.89. The molecule has 3 aromatic rings. The van der Waals surface area contributed by atoms with Gasteiger partial charge < -0.3 is 5.32 Å². The zero-order valence-corrected chi connectivity index (χ0v) is 15.8. The normalized spacial score (nSPS) is 10.3. The molecule has 0 saturated heterocycles. The van der Waals surface area contributed by atoms with Gasteiger partial charge in [0, 0.05) is 28.6 Å². The van der Waals surface area contributed by atoms with Crippen molar-refractivity contribution in [1.82, 2.24) is 10.3 Å². The van der Waals surface area contributed by atoms with E-state index in [2.05, 4.69) is 15.6 Å². The highest BCUT2D eigenvalue weighted by Crippen LogP contribution is 2.27. The SMILES string of the molecule is Cc1cccc(C(=O)NC(=S)Nc2nc(-c3cccc([N+](=O)[O-])c3)cs2)c1. The third kappa shape index (κ3) is 4.72. The van der Waals surface area contributed by atoms with E-state index in [4.69, 9.17) is 12.2 Å². The van der Waals surface area contributed by atoms with Gasteiger partial charge >= 0.3 is 0 Å². The quantitative estimate of drug-likeness (QED) is 0.389. The summed E-state index contributed by atoms with van der Waals surface area (Å²) in [6.45, 7) is 1.90. The molecule has 1 amide bonds. The molecular formula is C18H14N4O3S2. The second-order valence-electron chi connectivity index (χ2n) is 5.62. The number of anilines is 1. The van der Waals surface area contributed by atoms with Gasteiger partial charge in [-0.3, -0.25) is 20.2 Å². The predicted octanol–water partition coefficient (Wildman–Crippen LogP) is 4.15. The van der Waals surface area contributed by atoms with E-state index in [-0.39, 0.29) is 16.7 Å². The Bertz CT molecular complexity index is 1030. The maximum absolute atomic E-state index is 12.2. The van der Waals surface area contributed by atoms with Gasteiger partial charge in [0.1, 0.15) is 0 Å². The van der Waals surface area contributed by atoms with Gasteiger partial charge in [-0.1, -0.05) is 29.8 Å². The molecule has 0 aliphatic carbocycles. The third-order valence-corrected chi connectivity index (χ3v) is 4.55. The van der Waals surface area contributed by atoms with Gasteiger partial charge in [0.05, 0.1) is 10.6 Å². The molecule has 1 heterocycles. The van der Waals surface area contributed by atoms with Crippen LogP contribution in [0.4, 0.5) is 10.8 Å². The van der Waals surface area contributed by atoms with Gasteiger partial charge in [0.25, 0.3) is 11.6 Å². The Balaban J connectivity index is 1.67. The first kappa shape index (κ1) is 18.6. The molecule has 2 N–H and O–H groups in total. The first-order chi connectivity index (χ1) is 12.9. The smallest absolute Gasteiger partial charge is 0.270 e. The predicted molar refractivity (Wildman–Crippen MR) is 109 cm³/mol. The number of amides is 1. The Morgan fingerprint density at radius 3 is 2.74 bits per heavy atom. The van der Waals surface area contributed by atoms with Gasteiger partial charge in [0.2, 0.25) is 0 Å². The largest absolute Gasteiger partial charge is 0.308 e. The Hall–Kier alpha value is -3.17. The van der Waals surface area contributed by atoms with Gasteiger partial charge in [-0.2, -0.15) is 0 Å². The van der Waals surface area contributed by atoms with Crippen LogP contribution in [0.15, 0.2) is 53.9 Å². The zero-order chi connectivity index (χ0) is 19.4. The van der Waals surface area contributed by atoms with Crippen LogP contribution in [0.3, 0.4) is 0 Å². The van der Waals surface area contributed by atoms with Crippen LogP contribution >= 0.6 is 23.6 Å². The number of thiazole rings is 1. The van der Waals surface area contributed by atoms with Crippen molar-refractivity contribution in [3.8, 4) is 11.3 Å². The number of aryl methyl sites for hydroxylation is 1. The summed E-state index contributed by atoms with van der Waals surface area (Å²) in [4.78, 5) is 27.0. The number of hydrogen-bond acceptors (Lipinski definition) is 6. The van der Waals surface area contributed by atoms with Crippen molar-refractivity contribution >= 4 is 45.4 Å². The van der Waals surface area contributed by atoms with E-state index in [1.807, 2.05) is 13.0 Å². The van der Waals surface area contributed by atoms with E-state index in [1.165, 1.54) is 23.5 Å². The molecule has 0 atom stereocenters. The van der Waals surface area contributed by atoms with Gasteiger partial charge in [-0.05, 0) is 31.3 Å². The molecule has 0 unspecified atom stereocenters. The minimum atomic E-state index is -0.453. The number of thiocarbonyl (C=S) groups is 1. The molecule has 1 aromatic heterocycles. The van der Waals surface area contributed by atoms with E-state index in [9.17, 15) is 14.9 Å². The average Bonchev–Trinajstić information content (AvgIpc) is 3.10. The molecule has 9 heteroatoms. The number of non-ortho nitro benzene ring substituents is 1. The van der Waals surface area contributed by atoms with Crippen LogP contribution in [0.5, 0.6) is 0 Å². The summed E-state index contributed by atoms with van der Waals surface area (Å²) < 4.78 is 0. The zero-order valence-electron chi connectivity index (χ0n) is 14.1. The van der Waals surface area contributed by atoms with E-state index in [0.717, 1.165) is 5.56 Å².